The van der Waals surface area contributed by atoms with Crippen molar-refractivity contribution in [2.75, 3.05) is 26.8 Å². The van der Waals surface area contributed by atoms with Gasteiger partial charge in [-0.25, -0.2) is 0 Å². The van der Waals surface area contributed by atoms with E-state index in [-0.39, 0.29) is 12.5 Å². The number of nitrogens with one attached hydrogen (secondary N) is 2. The van der Waals surface area contributed by atoms with Crippen LogP contribution in [0.25, 0.3) is 0 Å². The van der Waals surface area contributed by atoms with E-state index in [4.69, 9.17) is 4.74 Å². The Morgan fingerprint density at radius 1 is 1.58 bits per heavy atom. The standard InChI is InChI=1S/C8H18N2O2/c1-4-12-6-8(11)10-5-7(2)9-3/h7,9H,4-6H2,1-3H3,(H,10,11). The van der Waals surface area contributed by atoms with Gasteiger partial charge in [-0.1, -0.05) is 0 Å². The molecule has 12 heavy (non-hydrogen) atoms. The fourth-order valence-electron chi connectivity index (χ4n) is 0.615. The lowest BCUT2D eigenvalue weighted by Crippen LogP contribution is -2.38. The summed E-state index contributed by atoms with van der Waals surface area (Å²) in [4.78, 5) is 11.0. The molecule has 4 heteroatoms. The Labute approximate surface area is 73.7 Å². The number of likely N-dealkylation sites (N-methyl/N-ethyl adjacent to an activating group) is 1. The number of hydrogen-bond acceptors (Lipinski definition) is 3. The van der Waals surface area contributed by atoms with E-state index in [1.165, 1.54) is 0 Å². The van der Waals surface area contributed by atoms with Crippen molar-refractivity contribution in [3.8, 4) is 0 Å². The van der Waals surface area contributed by atoms with Crippen molar-refractivity contribution in [2.45, 2.75) is 19.9 Å². The van der Waals surface area contributed by atoms with Crippen LogP contribution in [-0.2, 0) is 9.53 Å². The molecule has 0 aliphatic heterocycles. The Kier molecular flexibility index (Phi) is 6.70. The SMILES string of the molecule is CCOCC(=O)NCC(C)NC. The molecule has 1 unspecified atom stereocenters. The zero-order valence-electron chi connectivity index (χ0n) is 8.02. The first kappa shape index (κ1) is 11.4. The van der Waals surface area contributed by atoms with Crippen molar-refractivity contribution >= 4 is 5.91 Å². The van der Waals surface area contributed by atoms with Gasteiger partial charge in [-0.2, -0.15) is 0 Å². The largest absolute Gasteiger partial charge is 0.372 e. The molecule has 0 aromatic carbocycles. The summed E-state index contributed by atoms with van der Waals surface area (Å²) in [6.07, 6.45) is 0. The van der Waals surface area contributed by atoms with Gasteiger partial charge in [0, 0.05) is 19.2 Å². The Balaban J connectivity index is 3.31. The quantitative estimate of drug-likeness (QED) is 0.583. The first-order valence-corrected chi connectivity index (χ1v) is 4.22. The second-order valence-electron chi connectivity index (χ2n) is 2.63. The number of carbonyl (C=O) groups is 1. The molecule has 0 aliphatic rings. The summed E-state index contributed by atoms with van der Waals surface area (Å²) in [6, 6.07) is 0.301. The van der Waals surface area contributed by atoms with Crippen LogP contribution in [0.3, 0.4) is 0 Å². The first-order valence-electron chi connectivity index (χ1n) is 4.22. The summed E-state index contributed by atoms with van der Waals surface area (Å²) in [5.74, 6) is -0.0565. The summed E-state index contributed by atoms with van der Waals surface area (Å²) >= 11 is 0. The van der Waals surface area contributed by atoms with Gasteiger partial charge in [0.25, 0.3) is 0 Å². The van der Waals surface area contributed by atoms with E-state index >= 15 is 0 Å². The van der Waals surface area contributed by atoms with Crippen molar-refractivity contribution in [2.24, 2.45) is 0 Å². The smallest absolute Gasteiger partial charge is 0.246 e. The van der Waals surface area contributed by atoms with Crippen molar-refractivity contribution in [3.05, 3.63) is 0 Å². The molecule has 0 heterocycles. The summed E-state index contributed by atoms with van der Waals surface area (Å²) in [5, 5.41) is 5.76. The minimum Gasteiger partial charge on any atom is -0.372 e. The van der Waals surface area contributed by atoms with Gasteiger partial charge in [-0.3, -0.25) is 4.79 Å². The molecule has 1 amide bonds. The molecule has 2 N–H and O–H groups in total. The normalized spacial score (nSPS) is 12.6. The Hall–Kier alpha value is -0.610. The number of rotatable bonds is 6. The Morgan fingerprint density at radius 2 is 2.25 bits per heavy atom. The molecule has 0 spiro atoms. The van der Waals surface area contributed by atoms with Crippen LogP contribution in [-0.4, -0.2) is 38.8 Å². The Bertz CT molecular complexity index is 128. The van der Waals surface area contributed by atoms with E-state index in [9.17, 15) is 4.79 Å². The van der Waals surface area contributed by atoms with Crippen LogP contribution in [0.5, 0.6) is 0 Å². The lowest BCUT2D eigenvalue weighted by Gasteiger charge is -2.10. The van der Waals surface area contributed by atoms with E-state index in [0.29, 0.717) is 19.2 Å². The molecular formula is C8H18N2O2. The second-order valence-corrected chi connectivity index (χ2v) is 2.63. The maximum absolute atomic E-state index is 11.0. The van der Waals surface area contributed by atoms with E-state index in [0.717, 1.165) is 0 Å². The molecule has 0 fully saturated rings. The zero-order chi connectivity index (χ0) is 9.40. The lowest BCUT2D eigenvalue weighted by atomic mass is 10.3. The van der Waals surface area contributed by atoms with E-state index in [2.05, 4.69) is 10.6 Å². The van der Waals surface area contributed by atoms with Crippen LogP contribution < -0.4 is 10.6 Å². The molecule has 0 radical (unpaired) electrons. The minimum absolute atomic E-state index is 0.0565. The first-order chi connectivity index (χ1) is 5.70. The van der Waals surface area contributed by atoms with Crippen LogP contribution in [0, 0.1) is 0 Å². The zero-order valence-corrected chi connectivity index (χ0v) is 8.02. The van der Waals surface area contributed by atoms with Gasteiger partial charge in [0.15, 0.2) is 0 Å². The molecule has 72 valence electrons. The number of carbonyl (C=O) groups excluding carboxylic acids is 1. The van der Waals surface area contributed by atoms with Gasteiger partial charge >= 0.3 is 0 Å². The highest BCUT2D eigenvalue weighted by molar-refractivity contribution is 5.77. The van der Waals surface area contributed by atoms with Crippen molar-refractivity contribution < 1.29 is 9.53 Å². The molecule has 4 nitrogen and oxygen atoms in total. The van der Waals surface area contributed by atoms with Gasteiger partial charge in [0.2, 0.25) is 5.91 Å². The molecule has 1 atom stereocenters. The van der Waals surface area contributed by atoms with Gasteiger partial charge in [0.1, 0.15) is 6.61 Å². The third kappa shape index (κ3) is 6.12. The van der Waals surface area contributed by atoms with Crippen molar-refractivity contribution in [1.29, 1.82) is 0 Å². The third-order valence-electron chi connectivity index (χ3n) is 1.54. The van der Waals surface area contributed by atoms with Gasteiger partial charge < -0.3 is 15.4 Å². The lowest BCUT2D eigenvalue weighted by molar-refractivity contribution is -0.125. The highest BCUT2D eigenvalue weighted by atomic mass is 16.5. The molecule has 0 saturated carbocycles. The van der Waals surface area contributed by atoms with Crippen LogP contribution in [0.15, 0.2) is 0 Å². The molecule has 0 aliphatic carbocycles. The molecule has 0 rings (SSSR count). The van der Waals surface area contributed by atoms with Crippen molar-refractivity contribution in [1.82, 2.24) is 10.6 Å². The summed E-state index contributed by atoms with van der Waals surface area (Å²) in [6.45, 7) is 5.24. The number of amides is 1. The predicted octanol–water partition coefficient (Wildman–Crippen LogP) is -0.253. The molecule has 0 saturated heterocycles. The topological polar surface area (TPSA) is 50.4 Å². The minimum atomic E-state index is -0.0565. The fraction of sp³-hybridized carbons (Fsp3) is 0.875. The summed E-state index contributed by atoms with van der Waals surface area (Å²) < 4.78 is 4.93. The van der Waals surface area contributed by atoms with Crippen LogP contribution >= 0.6 is 0 Å². The van der Waals surface area contributed by atoms with Crippen LogP contribution in [0.1, 0.15) is 13.8 Å². The highest BCUT2D eigenvalue weighted by Crippen LogP contribution is 1.77. The van der Waals surface area contributed by atoms with E-state index in [1.807, 2.05) is 20.9 Å². The number of ether oxygens (including phenoxy) is 1. The van der Waals surface area contributed by atoms with Gasteiger partial charge in [-0.05, 0) is 20.9 Å². The summed E-state index contributed by atoms with van der Waals surface area (Å²) in [7, 11) is 1.86. The number of hydrogen-bond donors (Lipinski definition) is 2. The van der Waals surface area contributed by atoms with Crippen LogP contribution in [0.4, 0.5) is 0 Å². The molecular weight excluding hydrogens is 156 g/mol. The third-order valence-corrected chi connectivity index (χ3v) is 1.54. The maximum atomic E-state index is 11.0. The van der Waals surface area contributed by atoms with Crippen LogP contribution in [0.2, 0.25) is 0 Å². The van der Waals surface area contributed by atoms with Gasteiger partial charge in [0.05, 0.1) is 0 Å². The van der Waals surface area contributed by atoms with E-state index in [1.54, 1.807) is 0 Å². The van der Waals surface area contributed by atoms with Gasteiger partial charge in [-0.15, -0.1) is 0 Å². The predicted molar refractivity (Wildman–Crippen MR) is 48.0 cm³/mol. The molecule has 0 aromatic heterocycles. The Morgan fingerprint density at radius 3 is 2.75 bits per heavy atom. The molecule has 0 aromatic rings. The monoisotopic (exact) mass is 174 g/mol. The van der Waals surface area contributed by atoms with Crippen molar-refractivity contribution in [3.63, 3.8) is 0 Å². The second kappa shape index (κ2) is 7.06. The van der Waals surface area contributed by atoms with E-state index < -0.39 is 0 Å². The maximum Gasteiger partial charge on any atom is 0.246 e. The average Bonchev–Trinajstić information content (AvgIpc) is 2.10. The summed E-state index contributed by atoms with van der Waals surface area (Å²) in [5.41, 5.74) is 0. The molecule has 0 bridgehead atoms. The average molecular weight is 174 g/mol. The highest BCUT2D eigenvalue weighted by Gasteiger charge is 2.02. The fourth-order valence-corrected chi connectivity index (χ4v) is 0.615.